The minimum Gasteiger partial charge on any atom is -0.492 e. The van der Waals surface area contributed by atoms with E-state index in [2.05, 4.69) is 20.1 Å². The number of benzene rings is 1. The number of para-hydroxylation sites is 1. The second kappa shape index (κ2) is 7.74. The number of methoxy groups -OCH3 is 1. The van der Waals surface area contributed by atoms with Crippen LogP contribution in [0.25, 0.3) is 0 Å². The van der Waals surface area contributed by atoms with Crippen molar-refractivity contribution in [3.8, 4) is 5.75 Å². The van der Waals surface area contributed by atoms with Gasteiger partial charge in [0.1, 0.15) is 11.4 Å². The minimum atomic E-state index is -0.621. The van der Waals surface area contributed by atoms with Crippen LogP contribution in [0.3, 0.4) is 0 Å². The summed E-state index contributed by atoms with van der Waals surface area (Å²) in [4.78, 5) is 25.0. The molecule has 1 rings (SSSR count). The fraction of sp³-hybridized carbons (Fsp3) is 0.385. The number of hydrogen-bond acceptors (Lipinski definition) is 5. The molecule has 1 aromatic carbocycles. The van der Waals surface area contributed by atoms with Crippen molar-refractivity contribution in [1.82, 2.24) is 0 Å². The largest absolute Gasteiger partial charge is 0.492 e. The normalized spacial score (nSPS) is 9.80. The fourth-order valence-corrected chi connectivity index (χ4v) is 1.94. The molecule has 1 aromatic rings. The average molecular weight is 346 g/mol. The summed E-state index contributed by atoms with van der Waals surface area (Å²) in [6.45, 7) is 4.30. The highest BCUT2D eigenvalue weighted by Crippen LogP contribution is 2.33. The molecule has 0 aromatic heterocycles. The Morgan fingerprint density at radius 3 is 2.50 bits per heavy atom. The number of amides is 1. The van der Waals surface area contributed by atoms with Crippen molar-refractivity contribution in [2.24, 2.45) is 0 Å². The van der Waals surface area contributed by atoms with Crippen LogP contribution in [-0.2, 0) is 8.57 Å². The molecule has 1 amide bonds. The summed E-state index contributed by atoms with van der Waals surface area (Å²) >= 11 is 2.65. The molecule has 0 heterocycles. The molecule has 0 saturated heterocycles. The SMILES string of the molecule is CCOc1cccc(C(=O)OBr)c1N(CC)C(=O)OC. The number of halogens is 1. The van der Waals surface area contributed by atoms with Gasteiger partial charge in [0.15, 0.2) is 16.3 Å². The molecule has 0 N–H and O–H groups in total. The van der Waals surface area contributed by atoms with Crippen LogP contribution in [0, 0.1) is 0 Å². The van der Waals surface area contributed by atoms with E-state index in [0.717, 1.165) is 0 Å². The first-order valence-corrected chi connectivity index (χ1v) is 6.69. The molecule has 0 spiro atoms. The van der Waals surface area contributed by atoms with E-state index in [1.165, 1.54) is 12.0 Å². The van der Waals surface area contributed by atoms with Gasteiger partial charge in [0.25, 0.3) is 0 Å². The monoisotopic (exact) mass is 345 g/mol. The van der Waals surface area contributed by atoms with E-state index in [1.54, 1.807) is 25.1 Å². The maximum Gasteiger partial charge on any atom is 0.414 e. The molecule has 0 saturated carbocycles. The van der Waals surface area contributed by atoms with Crippen LogP contribution >= 0.6 is 16.3 Å². The second-order valence-corrected chi connectivity index (χ2v) is 3.99. The molecular formula is C13H16BrNO5. The van der Waals surface area contributed by atoms with Gasteiger partial charge in [-0.05, 0) is 26.0 Å². The summed E-state index contributed by atoms with van der Waals surface area (Å²) in [6.07, 6.45) is -0.580. The van der Waals surface area contributed by atoms with Crippen molar-refractivity contribution in [2.45, 2.75) is 13.8 Å². The van der Waals surface area contributed by atoms with Gasteiger partial charge in [-0.25, -0.2) is 9.59 Å². The van der Waals surface area contributed by atoms with Gasteiger partial charge in [-0.1, -0.05) is 6.07 Å². The minimum absolute atomic E-state index is 0.208. The number of nitrogens with zero attached hydrogens (tertiary/aromatic N) is 1. The molecule has 20 heavy (non-hydrogen) atoms. The van der Waals surface area contributed by atoms with Gasteiger partial charge in [0.05, 0.1) is 19.3 Å². The lowest BCUT2D eigenvalue weighted by Crippen LogP contribution is -2.32. The third-order valence-electron chi connectivity index (χ3n) is 2.57. The zero-order chi connectivity index (χ0) is 15.1. The summed E-state index contributed by atoms with van der Waals surface area (Å²) in [5.41, 5.74) is 0.535. The molecule has 0 radical (unpaired) electrons. The summed E-state index contributed by atoms with van der Waals surface area (Å²) in [7, 11) is 1.27. The van der Waals surface area contributed by atoms with Gasteiger partial charge in [-0.2, -0.15) is 0 Å². The molecule has 110 valence electrons. The van der Waals surface area contributed by atoms with Crippen LogP contribution in [0.5, 0.6) is 5.75 Å². The van der Waals surface area contributed by atoms with Gasteiger partial charge in [0.2, 0.25) is 0 Å². The van der Waals surface area contributed by atoms with Crippen molar-refractivity contribution in [2.75, 3.05) is 25.2 Å². The molecule has 0 bridgehead atoms. The van der Waals surface area contributed by atoms with Gasteiger partial charge in [-0.15, -0.1) is 0 Å². The molecule has 0 aliphatic rings. The van der Waals surface area contributed by atoms with E-state index < -0.39 is 12.1 Å². The van der Waals surface area contributed by atoms with E-state index in [1.807, 2.05) is 6.92 Å². The van der Waals surface area contributed by atoms with E-state index in [4.69, 9.17) is 9.47 Å². The fourth-order valence-electron chi connectivity index (χ4n) is 1.77. The molecule has 0 atom stereocenters. The van der Waals surface area contributed by atoms with E-state index in [-0.39, 0.29) is 5.56 Å². The average Bonchev–Trinajstić information content (AvgIpc) is 2.48. The summed E-state index contributed by atoms with van der Waals surface area (Å²) in [6, 6.07) is 4.88. The van der Waals surface area contributed by atoms with Crippen LogP contribution in [0.1, 0.15) is 24.2 Å². The van der Waals surface area contributed by atoms with Crippen molar-refractivity contribution in [3.63, 3.8) is 0 Å². The van der Waals surface area contributed by atoms with E-state index in [9.17, 15) is 9.59 Å². The highest BCUT2D eigenvalue weighted by atomic mass is 79.9. The van der Waals surface area contributed by atoms with Gasteiger partial charge in [0, 0.05) is 6.54 Å². The number of anilines is 1. The number of carbonyl (C=O) groups excluding carboxylic acids is 2. The van der Waals surface area contributed by atoms with Crippen LogP contribution in [0.15, 0.2) is 18.2 Å². The van der Waals surface area contributed by atoms with Gasteiger partial charge < -0.3 is 13.3 Å². The second-order valence-electron chi connectivity index (χ2n) is 3.66. The highest BCUT2D eigenvalue weighted by molar-refractivity contribution is 9.06. The Morgan fingerprint density at radius 2 is 2.00 bits per heavy atom. The van der Waals surface area contributed by atoms with Crippen molar-refractivity contribution in [1.29, 1.82) is 0 Å². The topological polar surface area (TPSA) is 65.1 Å². The molecule has 6 nitrogen and oxygen atoms in total. The number of rotatable bonds is 5. The Morgan fingerprint density at radius 1 is 1.30 bits per heavy atom. The Labute approximate surface area is 126 Å². The van der Waals surface area contributed by atoms with Crippen molar-refractivity contribution in [3.05, 3.63) is 23.8 Å². The molecule has 0 unspecified atom stereocenters. The maximum absolute atomic E-state index is 11.8. The number of carbonyl (C=O) groups is 2. The third kappa shape index (κ3) is 3.41. The predicted octanol–water partition coefficient (Wildman–Crippen LogP) is 3.14. The van der Waals surface area contributed by atoms with E-state index >= 15 is 0 Å². The van der Waals surface area contributed by atoms with Crippen molar-refractivity contribution >= 4 is 34.0 Å². The molecule has 0 aliphatic carbocycles. The van der Waals surface area contributed by atoms with E-state index in [0.29, 0.717) is 24.6 Å². The lowest BCUT2D eigenvalue weighted by Gasteiger charge is -2.23. The lowest BCUT2D eigenvalue weighted by molar-refractivity contribution is 0.0782. The molecule has 0 fully saturated rings. The number of hydrogen-bond donors (Lipinski definition) is 0. The van der Waals surface area contributed by atoms with Crippen LogP contribution in [-0.4, -0.2) is 32.3 Å². The van der Waals surface area contributed by atoms with Crippen molar-refractivity contribution < 1.29 is 22.9 Å². The maximum atomic E-state index is 11.8. The first-order chi connectivity index (χ1) is 9.60. The summed E-state index contributed by atoms with van der Waals surface area (Å²) in [5.74, 6) is -0.209. The predicted molar refractivity (Wildman–Crippen MR) is 77.4 cm³/mol. The molecule has 7 heteroatoms. The summed E-state index contributed by atoms with van der Waals surface area (Å²) < 4.78 is 14.8. The zero-order valence-electron chi connectivity index (χ0n) is 11.5. The Bertz CT molecular complexity index is 492. The van der Waals surface area contributed by atoms with Gasteiger partial charge >= 0.3 is 12.1 Å². The Balaban J connectivity index is 3.43. The summed E-state index contributed by atoms with van der Waals surface area (Å²) in [5, 5.41) is 0. The highest BCUT2D eigenvalue weighted by Gasteiger charge is 2.25. The standard InChI is InChI=1S/C13H16BrNO5/c1-4-15(13(17)18-3)11-9(12(16)20-14)7-6-8-10(11)19-5-2/h6-8H,4-5H2,1-3H3. The lowest BCUT2D eigenvalue weighted by atomic mass is 10.1. The third-order valence-corrected chi connectivity index (χ3v) is 2.86. The Hall–Kier alpha value is -1.76. The quantitative estimate of drug-likeness (QED) is 0.820. The molecule has 0 aliphatic heterocycles. The van der Waals surface area contributed by atoms with Crippen LogP contribution in [0.2, 0.25) is 0 Å². The first kappa shape index (κ1) is 16.3. The smallest absolute Gasteiger partial charge is 0.414 e. The van der Waals surface area contributed by atoms with Gasteiger partial charge in [-0.3, -0.25) is 4.90 Å². The first-order valence-electron chi connectivity index (χ1n) is 6.04. The van der Waals surface area contributed by atoms with Crippen LogP contribution < -0.4 is 9.64 Å². The van der Waals surface area contributed by atoms with Crippen LogP contribution in [0.4, 0.5) is 10.5 Å². The number of ether oxygens (including phenoxy) is 2. The Kier molecular flexibility index (Phi) is 6.30. The molecular weight excluding hydrogens is 330 g/mol. The zero-order valence-corrected chi connectivity index (χ0v) is 13.1.